The van der Waals surface area contributed by atoms with Gasteiger partial charge in [-0.05, 0) is 32.0 Å². The third kappa shape index (κ3) is 4.03. The van der Waals surface area contributed by atoms with E-state index in [0.29, 0.717) is 18.3 Å². The van der Waals surface area contributed by atoms with Crippen LogP contribution in [0, 0.1) is 0 Å². The van der Waals surface area contributed by atoms with Gasteiger partial charge in [0, 0.05) is 29.3 Å². The van der Waals surface area contributed by atoms with Crippen LogP contribution in [-0.2, 0) is 10.2 Å². The molecule has 1 fully saturated rings. The van der Waals surface area contributed by atoms with Crippen molar-refractivity contribution < 1.29 is 9.32 Å². The lowest BCUT2D eigenvalue weighted by atomic mass is 9.92. The molecule has 2 N–H and O–H groups in total. The van der Waals surface area contributed by atoms with Crippen LogP contribution in [0.2, 0.25) is 0 Å². The highest BCUT2D eigenvalue weighted by molar-refractivity contribution is 5.91. The Morgan fingerprint density at radius 3 is 2.75 bits per heavy atom. The van der Waals surface area contributed by atoms with E-state index < -0.39 is 0 Å². The number of anilines is 1. The van der Waals surface area contributed by atoms with E-state index in [9.17, 15) is 4.79 Å². The highest BCUT2D eigenvalue weighted by Crippen LogP contribution is 2.26. The second-order valence-electron chi connectivity index (χ2n) is 7.44. The Morgan fingerprint density at radius 2 is 2.17 bits per heavy atom. The summed E-state index contributed by atoms with van der Waals surface area (Å²) in [7, 11) is 0. The molecule has 0 aliphatic carbocycles. The molecular weight excluding hydrogens is 306 g/mol. The molecule has 130 valence electrons. The van der Waals surface area contributed by atoms with Gasteiger partial charge in [-0.2, -0.15) is 5.10 Å². The van der Waals surface area contributed by atoms with Crippen LogP contribution in [0.25, 0.3) is 0 Å². The first-order valence-corrected chi connectivity index (χ1v) is 8.40. The number of piperidine rings is 1. The van der Waals surface area contributed by atoms with Gasteiger partial charge in [0.25, 0.3) is 0 Å². The van der Waals surface area contributed by atoms with Crippen molar-refractivity contribution in [3.8, 4) is 0 Å². The molecule has 2 aromatic heterocycles. The minimum Gasteiger partial charge on any atom is -0.338 e. The summed E-state index contributed by atoms with van der Waals surface area (Å²) < 4.78 is 5.21. The molecule has 1 saturated heterocycles. The quantitative estimate of drug-likeness (QED) is 0.899. The fraction of sp³-hybridized carbons (Fsp3) is 0.588. The molecular formula is C17H25N5O2. The highest BCUT2D eigenvalue weighted by Gasteiger charge is 2.24. The van der Waals surface area contributed by atoms with Crippen molar-refractivity contribution in [2.75, 3.05) is 25.0 Å². The van der Waals surface area contributed by atoms with Crippen molar-refractivity contribution in [1.29, 1.82) is 0 Å². The summed E-state index contributed by atoms with van der Waals surface area (Å²) in [6, 6.07) is 3.83. The predicted octanol–water partition coefficient (Wildman–Crippen LogP) is 2.51. The molecule has 24 heavy (non-hydrogen) atoms. The summed E-state index contributed by atoms with van der Waals surface area (Å²) in [5.41, 5.74) is 1.93. The summed E-state index contributed by atoms with van der Waals surface area (Å²) in [4.78, 5) is 14.4. The molecule has 0 saturated carbocycles. The van der Waals surface area contributed by atoms with Gasteiger partial charge in [0.15, 0.2) is 0 Å². The van der Waals surface area contributed by atoms with Gasteiger partial charge in [0.1, 0.15) is 0 Å². The molecule has 1 amide bonds. The lowest BCUT2D eigenvalue weighted by molar-refractivity contribution is -0.117. The molecule has 0 aromatic carbocycles. The van der Waals surface area contributed by atoms with Gasteiger partial charge in [-0.1, -0.05) is 25.9 Å². The van der Waals surface area contributed by atoms with E-state index in [4.69, 9.17) is 4.52 Å². The number of aromatic nitrogens is 3. The minimum atomic E-state index is -0.0962. The van der Waals surface area contributed by atoms with Crippen LogP contribution in [0.4, 0.5) is 5.88 Å². The molecule has 1 aliphatic rings. The summed E-state index contributed by atoms with van der Waals surface area (Å²) >= 11 is 0. The highest BCUT2D eigenvalue weighted by atomic mass is 16.5. The first-order chi connectivity index (χ1) is 11.4. The number of carbonyl (C=O) groups excluding carboxylic acids is 1. The molecule has 1 aliphatic heterocycles. The maximum Gasteiger partial charge on any atom is 0.240 e. The van der Waals surface area contributed by atoms with Gasteiger partial charge in [0.05, 0.1) is 12.2 Å². The zero-order chi connectivity index (χ0) is 17.2. The number of likely N-dealkylation sites (tertiary alicyclic amines) is 1. The van der Waals surface area contributed by atoms with Gasteiger partial charge >= 0.3 is 0 Å². The molecule has 3 rings (SSSR count). The standard InChI is InChI=1S/C17H25N5O2/c1-17(2,3)14-10-16(24-21-14)19-15(23)11-22-8-5-12(6-9-22)13-4-7-18-20-13/h4,7,10,12H,5-6,8-9,11H2,1-3H3,(H,18,20)(H,19,23). The lowest BCUT2D eigenvalue weighted by Crippen LogP contribution is -2.38. The molecule has 7 heteroatoms. The number of amides is 1. The fourth-order valence-corrected chi connectivity index (χ4v) is 2.96. The van der Waals surface area contributed by atoms with Gasteiger partial charge in [-0.3, -0.25) is 20.1 Å². The largest absolute Gasteiger partial charge is 0.338 e. The Morgan fingerprint density at radius 1 is 1.42 bits per heavy atom. The third-order valence-corrected chi connectivity index (χ3v) is 4.46. The van der Waals surface area contributed by atoms with Crippen molar-refractivity contribution in [1.82, 2.24) is 20.3 Å². The van der Waals surface area contributed by atoms with Crippen molar-refractivity contribution in [2.24, 2.45) is 0 Å². The van der Waals surface area contributed by atoms with Crippen molar-refractivity contribution in [3.63, 3.8) is 0 Å². The normalized spacial score (nSPS) is 17.1. The van der Waals surface area contributed by atoms with Gasteiger partial charge < -0.3 is 4.52 Å². The average Bonchev–Trinajstić information content (AvgIpc) is 3.18. The van der Waals surface area contributed by atoms with E-state index in [-0.39, 0.29) is 11.3 Å². The molecule has 3 heterocycles. The minimum absolute atomic E-state index is 0.0633. The monoisotopic (exact) mass is 331 g/mol. The van der Waals surface area contributed by atoms with E-state index in [1.165, 1.54) is 5.69 Å². The van der Waals surface area contributed by atoms with Crippen LogP contribution in [-0.4, -0.2) is 45.8 Å². The third-order valence-electron chi connectivity index (χ3n) is 4.46. The van der Waals surface area contributed by atoms with E-state index >= 15 is 0 Å². The lowest BCUT2D eigenvalue weighted by Gasteiger charge is -2.30. The average molecular weight is 331 g/mol. The number of hydrogen-bond acceptors (Lipinski definition) is 5. The second-order valence-corrected chi connectivity index (χ2v) is 7.44. The maximum absolute atomic E-state index is 12.2. The first kappa shape index (κ1) is 16.7. The first-order valence-electron chi connectivity index (χ1n) is 8.40. The number of rotatable bonds is 4. The molecule has 0 spiro atoms. The molecule has 2 aromatic rings. The van der Waals surface area contributed by atoms with Crippen LogP contribution >= 0.6 is 0 Å². The van der Waals surface area contributed by atoms with E-state index in [0.717, 1.165) is 31.6 Å². The zero-order valence-electron chi connectivity index (χ0n) is 14.5. The molecule has 0 atom stereocenters. The van der Waals surface area contributed by atoms with Crippen LogP contribution in [0.1, 0.15) is 50.9 Å². The smallest absolute Gasteiger partial charge is 0.240 e. The molecule has 0 radical (unpaired) electrons. The Bertz CT molecular complexity index is 663. The number of carbonyl (C=O) groups is 1. The van der Waals surface area contributed by atoms with Crippen LogP contribution in [0.3, 0.4) is 0 Å². The number of hydrogen-bond donors (Lipinski definition) is 2. The number of aromatic amines is 1. The Hall–Kier alpha value is -2.15. The molecule has 0 bridgehead atoms. The van der Waals surface area contributed by atoms with Gasteiger partial charge in [-0.25, -0.2) is 0 Å². The van der Waals surface area contributed by atoms with Crippen LogP contribution < -0.4 is 5.32 Å². The van der Waals surface area contributed by atoms with Crippen molar-refractivity contribution >= 4 is 11.8 Å². The summed E-state index contributed by atoms with van der Waals surface area (Å²) in [6.45, 7) is 8.35. The second kappa shape index (κ2) is 6.76. The van der Waals surface area contributed by atoms with E-state index in [1.54, 1.807) is 12.3 Å². The van der Waals surface area contributed by atoms with E-state index in [1.807, 2.05) is 6.07 Å². The van der Waals surface area contributed by atoms with E-state index in [2.05, 4.69) is 46.3 Å². The van der Waals surface area contributed by atoms with Crippen molar-refractivity contribution in [2.45, 2.75) is 44.9 Å². The molecule has 7 nitrogen and oxygen atoms in total. The zero-order valence-corrected chi connectivity index (χ0v) is 14.5. The summed E-state index contributed by atoms with van der Waals surface area (Å²) in [5.74, 6) is 0.860. The van der Waals surface area contributed by atoms with Crippen molar-refractivity contribution in [3.05, 3.63) is 29.7 Å². The Kier molecular flexibility index (Phi) is 4.71. The van der Waals surface area contributed by atoms with Crippen LogP contribution in [0.5, 0.6) is 0 Å². The maximum atomic E-state index is 12.2. The fourth-order valence-electron chi connectivity index (χ4n) is 2.96. The van der Waals surface area contributed by atoms with Gasteiger partial charge in [-0.15, -0.1) is 0 Å². The van der Waals surface area contributed by atoms with Gasteiger partial charge in [0.2, 0.25) is 11.8 Å². The summed E-state index contributed by atoms with van der Waals surface area (Å²) in [5, 5.41) is 13.9. The number of H-pyrrole nitrogens is 1. The Balaban J connectivity index is 1.47. The molecule has 0 unspecified atom stereocenters. The predicted molar refractivity (Wildman–Crippen MR) is 90.8 cm³/mol. The SMILES string of the molecule is CC(C)(C)c1cc(NC(=O)CN2CCC(c3ccn[nH]3)CC2)on1. The topological polar surface area (TPSA) is 87.0 Å². The summed E-state index contributed by atoms with van der Waals surface area (Å²) in [6.07, 6.45) is 3.86. The Labute approximate surface area is 141 Å². The number of nitrogens with zero attached hydrogens (tertiary/aromatic N) is 3. The van der Waals surface area contributed by atoms with Crippen LogP contribution in [0.15, 0.2) is 22.9 Å². The number of nitrogens with one attached hydrogen (secondary N) is 2.